The molecule has 0 aliphatic carbocycles. The molecule has 0 bridgehead atoms. The van der Waals surface area contributed by atoms with Gasteiger partial charge in [-0.2, -0.15) is 0 Å². The number of aromatic nitrogens is 2. The van der Waals surface area contributed by atoms with Gasteiger partial charge < -0.3 is 0 Å². The van der Waals surface area contributed by atoms with Crippen LogP contribution < -0.4 is 5.32 Å². The molecule has 0 aliphatic heterocycles. The lowest BCUT2D eigenvalue weighted by Crippen LogP contribution is -2.21. The third kappa shape index (κ3) is 2.94. The molecule has 5 heteroatoms. The van der Waals surface area contributed by atoms with Crippen LogP contribution in [0.25, 0.3) is 0 Å². The number of carbonyl (C=O) groups excluding carboxylic acids is 1. The number of amides is 1. The first-order valence-electron chi connectivity index (χ1n) is 5.54. The van der Waals surface area contributed by atoms with Crippen molar-refractivity contribution in [2.24, 2.45) is 5.92 Å². The molecule has 0 fully saturated rings. The molecule has 2 rings (SSSR count). The maximum atomic E-state index is 12.0. The topological polar surface area (TPSA) is 46.9 Å². The van der Waals surface area contributed by atoms with Crippen LogP contribution in [-0.2, 0) is 6.42 Å². The monoisotopic (exact) mass is 249 g/mol. The molecule has 2 heterocycles. The fourth-order valence-corrected chi connectivity index (χ4v) is 2.15. The Morgan fingerprint density at radius 2 is 2.41 bits per heavy atom. The number of carbonyl (C=O) groups is 1. The van der Waals surface area contributed by atoms with Gasteiger partial charge in [-0.1, -0.05) is 13.8 Å². The summed E-state index contributed by atoms with van der Waals surface area (Å²) in [6, 6.07) is 3.71. The summed E-state index contributed by atoms with van der Waals surface area (Å²) in [6.45, 7) is 4.27. The largest absolute Gasteiger partial charge is 0.331 e. The highest BCUT2D eigenvalue weighted by molar-refractivity contribution is 7.13. The lowest BCUT2D eigenvalue weighted by atomic mass is 10.1. The lowest BCUT2D eigenvalue weighted by Gasteiger charge is -2.09. The number of hydrogen-bond acceptors (Lipinski definition) is 3. The zero-order chi connectivity index (χ0) is 12.3. The number of nitrogens with one attached hydrogen (secondary N) is 1. The molecule has 0 aromatic carbocycles. The minimum absolute atomic E-state index is 0.152. The molecule has 0 saturated carbocycles. The third-order valence-corrected chi connectivity index (χ3v) is 3.00. The molecular weight excluding hydrogens is 234 g/mol. The summed E-state index contributed by atoms with van der Waals surface area (Å²) < 4.78 is 1.64. The molecule has 1 N–H and O–H groups in total. The van der Waals surface area contributed by atoms with Gasteiger partial charge in [0.2, 0.25) is 0 Å². The van der Waals surface area contributed by atoms with E-state index in [0.29, 0.717) is 11.0 Å². The van der Waals surface area contributed by atoms with Crippen LogP contribution in [0, 0.1) is 5.92 Å². The standard InChI is InChI=1S/C12H15N3OS/c1-9(2)8-10-4-3-6-15(10)12(16)14-11-13-5-7-17-11/h3-7,9H,8H2,1-2H3,(H,13,14,16). The van der Waals surface area contributed by atoms with Crippen LogP contribution in [0.2, 0.25) is 0 Å². The summed E-state index contributed by atoms with van der Waals surface area (Å²) >= 11 is 1.41. The minimum atomic E-state index is -0.152. The van der Waals surface area contributed by atoms with Gasteiger partial charge in [0, 0.05) is 23.5 Å². The molecule has 2 aromatic rings. The van der Waals surface area contributed by atoms with Gasteiger partial charge in [-0.3, -0.25) is 9.88 Å². The zero-order valence-electron chi connectivity index (χ0n) is 9.88. The van der Waals surface area contributed by atoms with Crippen molar-refractivity contribution in [2.75, 3.05) is 5.32 Å². The summed E-state index contributed by atoms with van der Waals surface area (Å²) in [5, 5.41) is 5.23. The summed E-state index contributed by atoms with van der Waals surface area (Å²) in [5.41, 5.74) is 1.02. The number of nitrogens with zero attached hydrogens (tertiary/aromatic N) is 2. The lowest BCUT2D eigenvalue weighted by molar-refractivity contribution is 0.253. The molecule has 90 valence electrons. The predicted molar refractivity (Wildman–Crippen MR) is 69.5 cm³/mol. The van der Waals surface area contributed by atoms with Crippen LogP contribution in [0.3, 0.4) is 0 Å². The van der Waals surface area contributed by atoms with Gasteiger partial charge in [-0.15, -0.1) is 11.3 Å². The van der Waals surface area contributed by atoms with Crippen LogP contribution in [-0.4, -0.2) is 15.6 Å². The summed E-state index contributed by atoms with van der Waals surface area (Å²) in [4.78, 5) is 16.0. The van der Waals surface area contributed by atoms with Gasteiger partial charge in [0.05, 0.1) is 0 Å². The second-order valence-electron chi connectivity index (χ2n) is 4.23. The van der Waals surface area contributed by atoms with Crippen molar-refractivity contribution in [3.05, 3.63) is 35.6 Å². The van der Waals surface area contributed by atoms with Crippen molar-refractivity contribution < 1.29 is 4.79 Å². The van der Waals surface area contributed by atoms with E-state index in [0.717, 1.165) is 12.1 Å². The normalized spacial score (nSPS) is 10.8. The second-order valence-corrected chi connectivity index (χ2v) is 5.13. The number of hydrogen-bond donors (Lipinski definition) is 1. The first-order valence-corrected chi connectivity index (χ1v) is 6.42. The highest BCUT2D eigenvalue weighted by Gasteiger charge is 2.11. The molecule has 0 unspecified atom stereocenters. The van der Waals surface area contributed by atoms with Crippen molar-refractivity contribution >= 4 is 22.5 Å². The Morgan fingerprint density at radius 1 is 1.59 bits per heavy atom. The van der Waals surface area contributed by atoms with Crippen molar-refractivity contribution in [1.29, 1.82) is 0 Å². The van der Waals surface area contributed by atoms with Crippen LogP contribution in [0.15, 0.2) is 29.9 Å². The van der Waals surface area contributed by atoms with Crippen molar-refractivity contribution in [2.45, 2.75) is 20.3 Å². The van der Waals surface area contributed by atoms with Crippen LogP contribution in [0.4, 0.5) is 9.93 Å². The molecule has 1 amide bonds. The maximum Gasteiger partial charge on any atom is 0.331 e. The average Bonchev–Trinajstić information content (AvgIpc) is 2.87. The quantitative estimate of drug-likeness (QED) is 0.907. The molecule has 2 aromatic heterocycles. The number of thiazole rings is 1. The highest BCUT2D eigenvalue weighted by atomic mass is 32.1. The minimum Gasteiger partial charge on any atom is -0.283 e. The van der Waals surface area contributed by atoms with Crippen LogP contribution in [0.5, 0.6) is 0 Å². The van der Waals surface area contributed by atoms with Gasteiger partial charge in [0.15, 0.2) is 5.13 Å². The zero-order valence-corrected chi connectivity index (χ0v) is 10.7. The summed E-state index contributed by atoms with van der Waals surface area (Å²) in [5.74, 6) is 0.524. The Labute approximate surface area is 104 Å². The van der Waals surface area contributed by atoms with Gasteiger partial charge in [0.25, 0.3) is 0 Å². The van der Waals surface area contributed by atoms with E-state index in [4.69, 9.17) is 0 Å². The molecule has 0 spiro atoms. The van der Waals surface area contributed by atoms with Crippen molar-refractivity contribution in [3.63, 3.8) is 0 Å². The van der Waals surface area contributed by atoms with E-state index in [2.05, 4.69) is 24.1 Å². The molecule has 0 atom stereocenters. The van der Waals surface area contributed by atoms with Crippen LogP contribution >= 0.6 is 11.3 Å². The van der Waals surface area contributed by atoms with E-state index in [-0.39, 0.29) is 6.03 Å². The Balaban J connectivity index is 2.11. The predicted octanol–water partition coefficient (Wildman–Crippen LogP) is 3.22. The van der Waals surface area contributed by atoms with E-state index in [1.54, 1.807) is 17.0 Å². The second kappa shape index (κ2) is 5.14. The molecule has 0 saturated heterocycles. The van der Waals surface area contributed by atoms with Gasteiger partial charge in [0.1, 0.15) is 0 Å². The Hall–Kier alpha value is -1.62. The summed E-state index contributed by atoms with van der Waals surface area (Å²) in [7, 11) is 0. The van der Waals surface area contributed by atoms with Gasteiger partial charge in [-0.05, 0) is 24.5 Å². The Kier molecular flexibility index (Phi) is 3.58. The SMILES string of the molecule is CC(C)Cc1cccn1C(=O)Nc1nccs1. The average molecular weight is 249 g/mol. The van der Waals surface area contributed by atoms with E-state index < -0.39 is 0 Å². The molecule has 0 aliphatic rings. The highest BCUT2D eigenvalue weighted by Crippen LogP contribution is 2.13. The number of rotatable bonds is 3. The fourth-order valence-electron chi connectivity index (χ4n) is 1.64. The maximum absolute atomic E-state index is 12.0. The van der Waals surface area contributed by atoms with Crippen molar-refractivity contribution in [1.82, 2.24) is 9.55 Å². The molecular formula is C12H15N3OS. The smallest absolute Gasteiger partial charge is 0.283 e. The Morgan fingerprint density at radius 3 is 3.06 bits per heavy atom. The molecule has 17 heavy (non-hydrogen) atoms. The molecule has 4 nitrogen and oxygen atoms in total. The van der Waals surface area contributed by atoms with E-state index in [9.17, 15) is 4.79 Å². The summed E-state index contributed by atoms with van der Waals surface area (Å²) in [6.07, 6.45) is 4.34. The van der Waals surface area contributed by atoms with Crippen LogP contribution in [0.1, 0.15) is 19.5 Å². The molecule has 0 radical (unpaired) electrons. The Bertz CT molecular complexity index is 488. The van der Waals surface area contributed by atoms with E-state index >= 15 is 0 Å². The van der Waals surface area contributed by atoms with E-state index in [1.165, 1.54) is 11.3 Å². The third-order valence-electron chi connectivity index (χ3n) is 2.32. The van der Waals surface area contributed by atoms with Gasteiger partial charge in [-0.25, -0.2) is 9.78 Å². The van der Waals surface area contributed by atoms with Crippen molar-refractivity contribution in [3.8, 4) is 0 Å². The first-order chi connectivity index (χ1) is 8.16. The van der Waals surface area contributed by atoms with E-state index in [1.807, 2.05) is 17.5 Å². The first kappa shape index (κ1) is 11.9. The number of anilines is 1. The fraction of sp³-hybridized carbons (Fsp3) is 0.333. The van der Waals surface area contributed by atoms with Gasteiger partial charge >= 0.3 is 6.03 Å².